The number of sulfonamides is 1. The topological polar surface area (TPSA) is 63.4 Å². The van der Waals surface area contributed by atoms with Crippen LogP contribution in [0.5, 0.6) is 0 Å². The molecule has 2 rings (SSSR count). The van der Waals surface area contributed by atoms with E-state index in [-0.39, 0.29) is 6.04 Å². The van der Waals surface area contributed by atoms with E-state index in [1.807, 2.05) is 28.7 Å². The third-order valence-corrected chi connectivity index (χ3v) is 5.87. The van der Waals surface area contributed by atoms with Crippen molar-refractivity contribution in [2.24, 2.45) is 5.73 Å². The van der Waals surface area contributed by atoms with Crippen molar-refractivity contribution in [1.29, 1.82) is 0 Å². The second kappa shape index (κ2) is 4.59. The molecule has 1 heterocycles. The average molecular weight is 352 g/mol. The summed E-state index contributed by atoms with van der Waals surface area (Å²) in [6.45, 7) is 0.946. The fourth-order valence-electron chi connectivity index (χ4n) is 1.77. The van der Waals surface area contributed by atoms with Crippen molar-refractivity contribution in [3.05, 3.63) is 27.8 Å². The molecule has 0 bridgehead atoms. The SMILES string of the molecule is NC1CCN(S(=O)(=O)c2ccccc2I)C1. The summed E-state index contributed by atoms with van der Waals surface area (Å²) in [6, 6.07) is 6.97. The molecule has 0 aromatic heterocycles. The van der Waals surface area contributed by atoms with E-state index in [9.17, 15) is 8.42 Å². The predicted octanol–water partition coefficient (Wildman–Crippen LogP) is 1.01. The van der Waals surface area contributed by atoms with Crippen molar-refractivity contribution in [3.63, 3.8) is 0 Å². The highest BCUT2D eigenvalue weighted by molar-refractivity contribution is 14.1. The molecular formula is C10H13IN2O2S. The minimum absolute atomic E-state index is 0.0313. The standard InChI is InChI=1S/C10H13IN2O2S/c11-9-3-1-2-4-10(9)16(14,15)13-6-5-8(12)7-13/h1-4,8H,5-7,12H2. The lowest BCUT2D eigenvalue weighted by atomic mass is 10.3. The summed E-state index contributed by atoms with van der Waals surface area (Å²) in [5, 5.41) is 0. The van der Waals surface area contributed by atoms with Crippen molar-refractivity contribution < 1.29 is 8.42 Å². The number of hydrogen-bond acceptors (Lipinski definition) is 3. The highest BCUT2D eigenvalue weighted by atomic mass is 127. The number of nitrogens with zero attached hydrogens (tertiary/aromatic N) is 1. The van der Waals surface area contributed by atoms with E-state index < -0.39 is 10.0 Å². The predicted molar refractivity (Wildman–Crippen MR) is 70.5 cm³/mol. The van der Waals surface area contributed by atoms with Crippen LogP contribution in [-0.4, -0.2) is 31.9 Å². The normalized spacial score (nSPS) is 22.5. The Balaban J connectivity index is 2.36. The molecule has 1 atom stereocenters. The lowest BCUT2D eigenvalue weighted by Crippen LogP contribution is -2.32. The molecule has 2 N–H and O–H groups in total. The van der Waals surface area contributed by atoms with Gasteiger partial charge in [0.1, 0.15) is 0 Å². The van der Waals surface area contributed by atoms with Gasteiger partial charge in [-0.25, -0.2) is 8.42 Å². The quantitative estimate of drug-likeness (QED) is 0.809. The highest BCUT2D eigenvalue weighted by Gasteiger charge is 2.31. The molecule has 1 unspecified atom stereocenters. The first-order valence-electron chi connectivity index (χ1n) is 5.02. The van der Waals surface area contributed by atoms with Gasteiger partial charge >= 0.3 is 0 Å². The van der Waals surface area contributed by atoms with Gasteiger partial charge in [0.05, 0.1) is 4.90 Å². The molecule has 0 radical (unpaired) electrons. The maximum absolute atomic E-state index is 12.3. The van der Waals surface area contributed by atoms with Gasteiger partial charge in [-0.2, -0.15) is 4.31 Å². The number of nitrogens with two attached hydrogens (primary N) is 1. The van der Waals surface area contributed by atoms with Gasteiger partial charge in [-0.05, 0) is 41.1 Å². The minimum Gasteiger partial charge on any atom is -0.326 e. The third kappa shape index (κ3) is 2.24. The van der Waals surface area contributed by atoms with E-state index in [0.29, 0.717) is 18.0 Å². The monoisotopic (exact) mass is 352 g/mol. The summed E-state index contributed by atoms with van der Waals surface area (Å²) in [7, 11) is -3.36. The molecule has 4 nitrogen and oxygen atoms in total. The Kier molecular flexibility index (Phi) is 3.53. The molecule has 6 heteroatoms. The summed E-state index contributed by atoms with van der Waals surface area (Å²) in [6.07, 6.45) is 0.739. The Hall–Kier alpha value is -0.180. The minimum atomic E-state index is -3.36. The highest BCUT2D eigenvalue weighted by Crippen LogP contribution is 2.24. The van der Waals surface area contributed by atoms with Crippen molar-refractivity contribution in [1.82, 2.24) is 4.31 Å². The molecule has 1 aromatic rings. The van der Waals surface area contributed by atoms with E-state index in [2.05, 4.69) is 0 Å². The molecular weight excluding hydrogens is 339 g/mol. The van der Waals surface area contributed by atoms with E-state index in [0.717, 1.165) is 9.99 Å². The number of benzene rings is 1. The average Bonchev–Trinajstić information content (AvgIpc) is 2.66. The van der Waals surface area contributed by atoms with Crippen LogP contribution in [-0.2, 0) is 10.0 Å². The number of halogens is 1. The maximum Gasteiger partial charge on any atom is 0.244 e. The van der Waals surface area contributed by atoms with E-state index in [1.165, 1.54) is 4.31 Å². The number of hydrogen-bond donors (Lipinski definition) is 1. The van der Waals surface area contributed by atoms with Crippen LogP contribution in [0.3, 0.4) is 0 Å². The molecule has 1 saturated heterocycles. The Labute approximate surface area is 109 Å². The Morgan fingerprint density at radius 2 is 2.06 bits per heavy atom. The Bertz CT molecular complexity index is 489. The molecule has 0 aliphatic carbocycles. The zero-order valence-corrected chi connectivity index (χ0v) is 11.6. The summed E-state index contributed by atoms with van der Waals surface area (Å²) < 4.78 is 26.8. The molecule has 0 spiro atoms. The van der Waals surface area contributed by atoms with Crippen LogP contribution in [0.15, 0.2) is 29.2 Å². The molecule has 88 valence electrons. The van der Waals surface area contributed by atoms with E-state index >= 15 is 0 Å². The first-order valence-corrected chi connectivity index (χ1v) is 7.54. The molecule has 1 aromatic carbocycles. The van der Waals surface area contributed by atoms with Crippen LogP contribution < -0.4 is 5.73 Å². The fraction of sp³-hybridized carbons (Fsp3) is 0.400. The van der Waals surface area contributed by atoms with Crippen molar-refractivity contribution in [3.8, 4) is 0 Å². The van der Waals surface area contributed by atoms with Crippen LogP contribution in [0.25, 0.3) is 0 Å². The summed E-state index contributed by atoms with van der Waals surface area (Å²) in [5.74, 6) is 0. The summed E-state index contributed by atoms with van der Waals surface area (Å²) in [4.78, 5) is 0.379. The molecule has 1 fully saturated rings. The van der Waals surface area contributed by atoms with E-state index in [4.69, 9.17) is 5.73 Å². The van der Waals surface area contributed by atoms with Gasteiger partial charge in [0, 0.05) is 22.7 Å². The van der Waals surface area contributed by atoms with Crippen LogP contribution in [0, 0.1) is 3.57 Å². The molecule has 1 aliphatic rings. The van der Waals surface area contributed by atoms with Gasteiger partial charge < -0.3 is 5.73 Å². The van der Waals surface area contributed by atoms with E-state index in [1.54, 1.807) is 18.2 Å². The van der Waals surface area contributed by atoms with Gasteiger partial charge in [-0.1, -0.05) is 12.1 Å². The van der Waals surface area contributed by atoms with Crippen molar-refractivity contribution in [2.75, 3.05) is 13.1 Å². The van der Waals surface area contributed by atoms with Crippen molar-refractivity contribution >= 4 is 32.6 Å². The lowest BCUT2D eigenvalue weighted by Gasteiger charge is -2.16. The first kappa shape index (κ1) is 12.3. The zero-order valence-electron chi connectivity index (χ0n) is 8.64. The first-order chi connectivity index (χ1) is 7.51. The third-order valence-electron chi connectivity index (χ3n) is 2.64. The second-order valence-corrected chi connectivity index (χ2v) is 6.91. The summed E-state index contributed by atoms with van der Waals surface area (Å²) >= 11 is 2.04. The van der Waals surface area contributed by atoms with Crippen LogP contribution in [0.4, 0.5) is 0 Å². The van der Waals surface area contributed by atoms with Gasteiger partial charge in [-0.3, -0.25) is 0 Å². The van der Waals surface area contributed by atoms with Crippen LogP contribution in [0.1, 0.15) is 6.42 Å². The van der Waals surface area contributed by atoms with Crippen LogP contribution in [0.2, 0.25) is 0 Å². The van der Waals surface area contributed by atoms with Gasteiger partial charge in [0.15, 0.2) is 0 Å². The zero-order chi connectivity index (χ0) is 11.8. The number of rotatable bonds is 2. The van der Waals surface area contributed by atoms with Gasteiger partial charge in [0.2, 0.25) is 10.0 Å². The molecule has 0 amide bonds. The lowest BCUT2D eigenvalue weighted by molar-refractivity contribution is 0.472. The van der Waals surface area contributed by atoms with Crippen molar-refractivity contribution in [2.45, 2.75) is 17.4 Å². The summed E-state index contributed by atoms with van der Waals surface area (Å²) in [5.41, 5.74) is 5.73. The smallest absolute Gasteiger partial charge is 0.244 e. The molecule has 0 saturated carbocycles. The van der Waals surface area contributed by atoms with Gasteiger partial charge in [-0.15, -0.1) is 0 Å². The van der Waals surface area contributed by atoms with Gasteiger partial charge in [0.25, 0.3) is 0 Å². The Morgan fingerprint density at radius 1 is 1.38 bits per heavy atom. The fourth-order valence-corrected chi connectivity index (χ4v) is 4.56. The second-order valence-electron chi connectivity index (χ2n) is 3.84. The van der Waals surface area contributed by atoms with Crippen LogP contribution >= 0.6 is 22.6 Å². The maximum atomic E-state index is 12.3. The Morgan fingerprint density at radius 3 is 2.62 bits per heavy atom. The molecule has 1 aliphatic heterocycles. The largest absolute Gasteiger partial charge is 0.326 e. The molecule has 16 heavy (non-hydrogen) atoms.